The smallest absolute Gasteiger partial charge is 0.247 e. The van der Waals surface area contributed by atoms with Crippen LogP contribution in [0.3, 0.4) is 0 Å². The Hall–Kier alpha value is -3.17. The maximum absolute atomic E-state index is 5.51. The number of ether oxygens (including phenoxy) is 2. The fourth-order valence-electron chi connectivity index (χ4n) is 5.02. The Balaban J connectivity index is 0.00000253. The zero-order valence-corrected chi connectivity index (χ0v) is 19.5. The van der Waals surface area contributed by atoms with Crippen LogP contribution in [0.2, 0.25) is 0 Å². The molecule has 2 aliphatic rings. The molecule has 2 aliphatic heterocycles. The van der Waals surface area contributed by atoms with Crippen LogP contribution < -0.4 is 10.6 Å². The van der Waals surface area contributed by atoms with Crippen molar-refractivity contribution in [3.63, 3.8) is 0 Å². The third-order valence-corrected chi connectivity index (χ3v) is 6.95. The number of aromatic nitrogens is 5. The van der Waals surface area contributed by atoms with Crippen LogP contribution in [-0.4, -0.2) is 56.8 Å². The van der Waals surface area contributed by atoms with Crippen molar-refractivity contribution in [1.82, 2.24) is 24.4 Å². The molecule has 4 aromatic rings. The molecule has 0 bridgehead atoms. The molecule has 180 valence electrons. The Morgan fingerprint density at radius 2 is 1.79 bits per heavy atom. The molecule has 3 aromatic heterocycles. The first-order chi connectivity index (χ1) is 16.7. The Morgan fingerprint density at radius 3 is 2.62 bits per heavy atom. The minimum Gasteiger partial charge on any atom is -0.381 e. The van der Waals surface area contributed by atoms with Crippen molar-refractivity contribution in [2.45, 2.75) is 38.1 Å². The minimum atomic E-state index is 0. The Labute approximate surface area is 199 Å². The van der Waals surface area contributed by atoms with E-state index in [0.717, 1.165) is 86.6 Å². The average Bonchev–Trinajstić information content (AvgIpc) is 3.41. The van der Waals surface area contributed by atoms with E-state index in [9.17, 15) is 0 Å². The maximum Gasteiger partial charge on any atom is 0.247 e. The van der Waals surface area contributed by atoms with Gasteiger partial charge in [-0.25, -0.2) is 4.52 Å². The quantitative estimate of drug-likeness (QED) is 0.444. The molecule has 0 atom stereocenters. The van der Waals surface area contributed by atoms with E-state index in [2.05, 4.69) is 41.0 Å². The predicted octanol–water partition coefficient (Wildman–Crippen LogP) is 4.17. The molecule has 0 saturated carbocycles. The number of benzene rings is 1. The molecule has 2 saturated heterocycles. The molecule has 6 rings (SSSR count). The van der Waals surface area contributed by atoms with Gasteiger partial charge in [0, 0.05) is 57.7 Å². The summed E-state index contributed by atoms with van der Waals surface area (Å²) in [4.78, 5) is 4.72. The van der Waals surface area contributed by atoms with Gasteiger partial charge in [0.1, 0.15) is 0 Å². The lowest BCUT2D eigenvalue weighted by molar-refractivity contribution is 0.0661. The summed E-state index contributed by atoms with van der Waals surface area (Å²) in [6.45, 7) is 3.32. The highest BCUT2D eigenvalue weighted by atomic mass is 16.5. The van der Waals surface area contributed by atoms with Gasteiger partial charge in [-0.1, -0.05) is 6.07 Å². The lowest BCUT2D eigenvalue weighted by Crippen LogP contribution is -2.28. The normalized spacial score (nSPS) is 18.0. The number of hydrogen-bond acceptors (Lipinski definition) is 7. The second-order valence-corrected chi connectivity index (χ2v) is 9.34. The minimum absolute atomic E-state index is 0. The van der Waals surface area contributed by atoms with E-state index < -0.39 is 0 Å². The first kappa shape index (κ1) is 21.4. The summed E-state index contributed by atoms with van der Waals surface area (Å²) in [7, 11) is 1.98. The number of nitrogens with one attached hydrogen (secondary N) is 2. The molecule has 0 aliphatic carbocycles. The van der Waals surface area contributed by atoms with Gasteiger partial charge in [-0.3, -0.25) is 4.68 Å². The van der Waals surface area contributed by atoms with Crippen molar-refractivity contribution in [1.29, 1.82) is 0 Å². The molecule has 0 radical (unpaired) electrons. The third kappa shape index (κ3) is 4.33. The molecule has 34 heavy (non-hydrogen) atoms. The Bertz CT molecular complexity index is 1290. The molecular formula is C25H33N7O2. The van der Waals surface area contributed by atoms with E-state index in [-0.39, 0.29) is 1.43 Å². The number of nitrogens with zero attached hydrogens (tertiary/aromatic N) is 5. The van der Waals surface area contributed by atoms with Crippen molar-refractivity contribution < 1.29 is 10.9 Å². The summed E-state index contributed by atoms with van der Waals surface area (Å²) >= 11 is 0. The molecule has 2 fully saturated rings. The largest absolute Gasteiger partial charge is 0.381 e. The Kier molecular flexibility index (Phi) is 5.80. The zero-order chi connectivity index (χ0) is 22.9. The number of aryl methyl sites for hydroxylation is 1. The average molecular weight is 464 g/mol. The lowest BCUT2D eigenvalue weighted by Gasteiger charge is -2.23. The van der Waals surface area contributed by atoms with Gasteiger partial charge >= 0.3 is 0 Å². The second kappa shape index (κ2) is 9.23. The zero-order valence-electron chi connectivity index (χ0n) is 19.5. The highest BCUT2D eigenvalue weighted by Crippen LogP contribution is 2.28. The predicted molar refractivity (Wildman–Crippen MR) is 134 cm³/mol. The van der Waals surface area contributed by atoms with Crippen LogP contribution in [-0.2, 0) is 22.9 Å². The van der Waals surface area contributed by atoms with E-state index >= 15 is 0 Å². The summed E-state index contributed by atoms with van der Waals surface area (Å²) in [5.74, 6) is 2.16. The number of hydrogen-bond donors (Lipinski definition) is 2. The Morgan fingerprint density at radius 1 is 1.00 bits per heavy atom. The van der Waals surface area contributed by atoms with Crippen molar-refractivity contribution in [3.8, 4) is 0 Å². The number of pyridine rings is 1. The standard InChI is InChI=1S/C25H31N7O2.H2/c1-31-22-16-19(5-6-21(22)24(29-31)26-18-9-13-34-14-10-18)27-25-28-23-4-2-3-20(32(23)30-25)15-17-7-11-33-12-8-17;/h2-6,16-18H,7-15H2,1H3,(H,26,29)(H,27,30);1H. The summed E-state index contributed by atoms with van der Waals surface area (Å²) in [5.41, 5.74) is 4.05. The van der Waals surface area contributed by atoms with Gasteiger partial charge in [0.25, 0.3) is 0 Å². The van der Waals surface area contributed by atoms with Crippen LogP contribution in [0.25, 0.3) is 16.6 Å². The topological polar surface area (TPSA) is 90.5 Å². The maximum atomic E-state index is 5.51. The second-order valence-electron chi connectivity index (χ2n) is 9.34. The first-order valence-electron chi connectivity index (χ1n) is 12.2. The van der Waals surface area contributed by atoms with E-state index in [1.807, 2.05) is 22.3 Å². The van der Waals surface area contributed by atoms with Crippen molar-refractivity contribution in [2.75, 3.05) is 37.1 Å². The summed E-state index contributed by atoms with van der Waals surface area (Å²) in [6, 6.07) is 12.9. The number of fused-ring (bicyclic) bond motifs is 2. The molecule has 0 spiro atoms. The van der Waals surface area contributed by atoms with E-state index in [1.54, 1.807) is 0 Å². The van der Waals surface area contributed by atoms with Crippen LogP contribution in [0, 0.1) is 5.92 Å². The molecule has 1 aromatic carbocycles. The third-order valence-electron chi connectivity index (χ3n) is 6.95. The molecule has 9 nitrogen and oxygen atoms in total. The van der Waals surface area contributed by atoms with Crippen molar-refractivity contribution >= 4 is 34.0 Å². The first-order valence-corrected chi connectivity index (χ1v) is 12.2. The van der Waals surface area contributed by atoms with Gasteiger partial charge in [-0.05, 0) is 68.4 Å². The monoisotopic (exact) mass is 463 g/mol. The molecule has 0 unspecified atom stereocenters. The lowest BCUT2D eigenvalue weighted by atomic mass is 9.95. The van der Waals surface area contributed by atoms with Crippen LogP contribution >= 0.6 is 0 Å². The molecule has 2 N–H and O–H groups in total. The molecule has 9 heteroatoms. The number of rotatable bonds is 6. The van der Waals surface area contributed by atoms with E-state index in [1.165, 1.54) is 5.69 Å². The van der Waals surface area contributed by atoms with E-state index in [4.69, 9.17) is 24.7 Å². The van der Waals surface area contributed by atoms with Crippen LogP contribution in [0.1, 0.15) is 32.8 Å². The summed E-state index contributed by atoms with van der Waals surface area (Å²) < 4.78 is 14.9. The molecular weight excluding hydrogens is 430 g/mol. The van der Waals surface area contributed by atoms with Gasteiger partial charge in [-0.15, -0.1) is 5.10 Å². The molecule has 0 amide bonds. The highest BCUT2D eigenvalue weighted by molar-refractivity contribution is 5.92. The van der Waals surface area contributed by atoms with Gasteiger partial charge in [0.2, 0.25) is 5.95 Å². The number of anilines is 3. The van der Waals surface area contributed by atoms with Gasteiger partial charge < -0.3 is 20.1 Å². The summed E-state index contributed by atoms with van der Waals surface area (Å²) in [5, 5.41) is 17.6. The summed E-state index contributed by atoms with van der Waals surface area (Å²) in [6.07, 6.45) is 5.22. The van der Waals surface area contributed by atoms with E-state index in [0.29, 0.717) is 17.9 Å². The fraction of sp³-hybridized carbons (Fsp3) is 0.480. The van der Waals surface area contributed by atoms with Crippen LogP contribution in [0.5, 0.6) is 0 Å². The van der Waals surface area contributed by atoms with Gasteiger partial charge in [0.05, 0.1) is 5.52 Å². The van der Waals surface area contributed by atoms with Crippen LogP contribution in [0.15, 0.2) is 36.4 Å². The fourth-order valence-corrected chi connectivity index (χ4v) is 5.02. The SMILES string of the molecule is Cn1nc(NC2CCOCC2)c2ccc(Nc3nc4cccc(CC5CCOCC5)n4n3)cc21.[HH]. The van der Waals surface area contributed by atoms with Crippen LogP contribution in [0.4, 0.5) is 17.5 Å². The van der Waals surface area contributed by atoms with Crippen molar-refractivity contribution in [2.24, 2.45) is 13.0 Å². The van der Waals surface area contributed by atoms with Gasteiger partial charge in [0.15, 0.2) is 11.5 Å². The van der Waals surface area contributed by atoms with Gasteiger partial charge in [-0.2, -0.15) is 10.1 Å². The van der Waals surface area contributed by atoms with Crippen molar-refractivity contribution in [3.05, 3.63) is 42.1 Å². The molecule has 5 heterocycles. The highest BCUT2D eigenvalue weighted by Gasteiger charge is 2.19.